The van der Waals surface area contributed by atoms with Gasteiger partial charge in [-0.2, -0.15) is 0 Å². The van der Waals surface area contributed by atoms with Gasteiger partial charge < -0.3 is 14.5 Å². The van der Waals surface area contributed by atoms with E-state index in [9.17, 15) is 14.3 Å². The SMILES string of the molecule is O=C(c1cc(C2CC2)no1)N1C[C@@H](O)C[C@H]1c1cccc(F)c1. The molecule has 120 valence electrons. The van der Waals surface area contributed by atoms with Crippen molar-refractivity contribution in [2.75, 3.05) is 6.54 Å². The van der Waals surface area contributed by atoms with Crippen LogP contribution in [0.2, 0.25) is 0 Å². The van der Waals surface area contributed by atoms with Gasteiger partial charge in [-0.15, -0.1) is 0 Å². The summed E-state index contributed by atoms with van der Waals surface area (Å²) in [6.07, 6.45) is 1.92. The summed E-state index contributed by atoms with van der Waals surface area (Å²) in [5.74, 6) is -0.0759. The normalized spacial score (nSPS) is 24.2. The highest BCUT2D eigenvalue weighted by molar-refractivity contribution is 5.92. The predicted octanol–water partition coefficient (Wildman–Crippen LogP) is 2.64. The average Bonchev–Trinajstić information content (AvgIpc) is 3.13. The Morgan fingerprint density at radius 3 is 2.91 bits per heavy atom. The molecule has 1 aliphatic heterocycles. The van der Waals surface area contributed by atoms with Crippen molar-refractivity contribution in [2.24, 2.45) is 0 Å². The van der Waals surface area contributed by atoms with E-state index >= 15 is 0 Å². The minimum atomic E-state index is -0.627. The Labute approximate surface area is 132 Å². The molecule has 1 amide bonds. The Kier molecular flexibility index (Phi) is 3.41. The predicted molar refractivity (Wildman–Crippen MR) is 79.3 cm³/mol. The minimum absolute atomic E-state index is 0.183. The van der Waals surface area contributed by atoms with Crippen molar-refractivity contribution in [3.05, 3.63) is 53.2 Å². The lowest BCUT2D eigenvalue weighted by atomic mass is 10.0. The zero-order valence-corrected chi connectivity index (χ0v) is 12.5. The van der Waals surface area contributed by atoms with Crippen molar-refractivity contribution in [1.29, 1.82) is 0 Å². The van der Waals surface area contributed by atoms with E-state index in [0.717, 1.165) is 18.5 Å². The third kappa shape index (κ3) is 2.74. The zero-order chi connectivity index (χ0) is 16.0. The Balaban J connectivity index is 1.60. The van der Waals surface area contributed by atoms with Gasteiger partial charge in [-0.25, -0.2) is 4.39 Å². The quantitative estimate of drug-likeness (QED) is 0.945. The number of hydrogen-bond donors (Lipinski definition) is 1. The van der Waals surface area contributed by atoms with Crippen molar-refractivity contribution in [1.82, 2.24) is 10.1 Å². The number of aliphatic hydroxyl groups excluding tert-OH is 1. The van der Waals surface area contributed by atoms with Gasteiger partial charge >= 0.3 is 0 Å². The van der Waals surface area contributed by atoms with Crippen LogP contribution in [0.5, 0.6) is 0 Å². The van der Waals surface area contributed by atoms with Crippen molar-refractivity contribution in [2.45, 2.75) is 37.3 Å². The van der Waals surface area contributed by atoms with E-state index in [1.165, 1.54) is 17.0 Å². The van der Waals surface area contributed by atoms with Crippen LogP contribution in [0.3, 0.4) is 0 Å². The number of aliphatic hydroxyl groups is 1. The number of carbonyl (C=O) groups is 1. The van der Waals surface area contributed by atoms with E-state index in [2.05, 4.69) is 5.16 Å². The topological polar surface area (TPSA) is 66.6 Å². The van der Waals surface area contributed by atoms with Crippen molar-refractivity contribution >= 4 is 5.91 Å². The number of carbonyl (C=O) groups excluding carboxylic acids is 1. The molecule has 2 atom stereocenters. The van der Waals surface area contributed by atoms with Crippen LogP contribution in [0.4, 0.5) is 4.39 Å². The number of hydrogen-bond acceptors (Lipinski definition) is 4. The molecule has 1 saturated heterocycles. The van der Waals surface area contributed by atoms with Crippen LogP contribution >= 0.6 is 0 Å². The monoisotopic (exact) mass is 316 g/mol. The van der Waals surface area contributed by atoms with Gasteiger partial charge in [0.25, 0.3) is 5.91 Å². The molecule has 6 heteroatoms. The van der Waals surface area contributed by atoms with Crippen LogP contribution in [0.1, 0.15) is 53.0 Å². The molecule has 0 radical (unpaired) electrons. The molecular formula is C17H17FN2O3. The van der Waals surface area contributed by atoms with Gasteiger partial charge in [-0.05, 0) is 37.0 Å². The summed E-state index contributed by atoms with van der Waals surface area (Å²) in [6, 6.07) is 7.47. The van der Waals surface area contributed by atoms with Gasteiger partial charge in [0.15, 0.2) is 0 Å². The Hall–Kier alpha value is -2.21. The molecule has 2 heterocycles. The second-order valence-corrected chi connectivity index (χ2v) is 6.31. The molecule has 4 rings (SSSR count). The first-order valence-electron chi connectivity index (χ1n) is 7.83. The van der Waals surface area contributed by atoms with E-state index < -0.39 is 6.10 Å². The van der Waals surface area contributed by atoms with Crippen molar-refractivity contribution in [3.63, 3.8) is 0 Å². The van der Waals surface area contributed by atoms with Gasteiger partial charge in [-0.1, -0.05) is 17.3 Å². The van der Waals surface area contributed by atoms with E-state index in [0.29, 0.717) is 17.9 Å². The molecule has 0 unspecified atom stereocenters. The maximum atomic E-state index is 13.5. The van der Waals surface area contributed by atoms with Gasteiger partial charge in [-0.3, -0.25) is 4.79 Å². The Bertz CT molecular complexity index is 741. The van der Waals surface area contributed by atoms with Crippen LogP contribution in [-0.4, -0.2) is 33.7 Å². The van der Waals surface area contributed by atoms with Crippen molar-refractivity contribution in [3.8, 4) is 0 Å². The molecule has 0 bridgehead atoms. The summed E-state index contributed by atoms with van der Waals surface area (Å²) in [7, 11) is 0. The third-order valence-electron chi connectivity index (χ3n) is 4.51. The van der Waals surface area contributed by atoms with E-state index in [1.807, 2.05) is 0 Å². The van der Waals surface area contributed by atoms with Gasteiger partial charge in [0, 0.05) is 18.5 Å². The molecule has 1 aromatic carbocycles. The Morgan fingerprint density at radius 1 is 1.35 bits per heavy atom. The molecule has 1 aliphatic carbocycles. The number of likely N-dealkylation sites (tertiary alicyclic amines) is 1. The summed E-state index contributed by atoms with van der Waals surface area (Å²) in [6.45, 7) is 0.208. The van der Waals surface area contributed by atoms with Crippen LogP contribution < -0.4 is 0 Å². The van der Waals surface area contributed by atoms with E-state index in [1.54, 1.807) is 18.2 Å². The molecule has 1 saturated carbocycles. The van der Waals surface area contributed by atoms with Crippen LogP contribution in [0.15, 0.2) is 34.9 Å². The highest BCUT2D eigenvalue weighted by Crippen LogP contribution is 2.40. The summed E-state index contributed by atoms with van der Waals surface area (Å²) in [5, 5.41) is 13.9. The molecule has 5 nitrogen and oxygen atoms in total. The van der Waals surface area contributed by atoms with Crippen LogP contribution in [0.25, 0.3) is 0 Å². The first-order valence-corrected chi connectivity index (χ1v) is 7.83. The van der Waals surface area contributed by atoms with E-state index in [-0.39, 0.29) is 30.1 Å². The highest BCUT2D eigenvalue weighted by atomic mass is 19.1. The number of aromatic nitrogens is 1. The molecule has 1 aromatic heterocycles. The Morgan fingerprint density at radius 2 is 2.17 bits per heavy atom. The fourth-order valence-electron chi connectivity index (χ4n) is 3.17. The summed E-state index contributed by atoms with van der Waals surface area (Å²) in [4.78, 5) is 14.2. The lowest BCUT2D eigenvalue weighted by Gasteiger charge is -2.23. The van der Waals surface area contributed by atoms with Gasteiger partial charge in [0.05, 0.1) is 17.8 Å². The smallest absolute Gasteiger partial charge is 0.293 e. The lowest BCUT2D eigenvalue weighted by molar-refractivity contribution is 0.0673. The minimum Gasteiger partial charge on any atom is -0.391 e. The molecule has 0 spiro atoms. The maximum absolute atomic E-state index is 13.5. The van der Waals surface area contributed by atoms with Crippen LogP contribution in [-0.2, 0) is 0 Å². The highest BCUT2D eigenvalue weighted by Gasteiger charge is 2.38. The van der Waals surface area contributed by atoms with Gasteiger partial charge in [0.2, 0.25) is 5.76 Å². The van der Waals surface area contributed by atoms with E-state index in [4.69, 9.17) is 4.52 Å². The average molecular weight is 316 g/mol. The number of nitrogens with zero attached hydrogens (tertiary/aromatic N) is 2. The van der Waals surface area contributed by atoms with Crippen molar-refractivity contribution < 1.29 is 18.8 Å². The fraction of sp³-hybridized carbons (Fsp3) is 0.412. The molecule has 23 heavy (non-hydrogen) atoms. The van der Waals surface area contributed by atoms with Crippen LogP contribution in [0, 0.1) is 5.82 Å². The number of rotatable bonds is 3. The van der Waals surface area contributed by atoms with Gasteiger partial charge in [0.1, 0.15) is 5.82 Å². The fourth-order valence-corrected chi connectivity index (χ4v) is 3.17. The first-order chi connectivity index (χ1) is 11.1. The second-order valence-electron chi connectivity index (χ2n) is 6.31. The number of benzene rings is 1. The first kappa shape index (κ1) is 14.4. The molecular weight excluding hydrogens is 299 g/mol. The number of amides is 1. The summed E-state index contributed by atoms with van der Waals surface area (Å²) < 4.78 is 18.7. The largest absolute Gasteiger partial charge is 0.391 e. The lowest BCUT2D eigenvalue weighted by Crippen LogP contribution is -2.31. The molecule has 2 aromatic rings. The standard InChI is InChI=1S/C17H17FN2O3/c18-12-3-1-2-11(6-12)15-7-13(21)9-20(15)17(22)16-8-14(19-23-16)10-4-5-10/h1-3,6,8,10,13,15,21H,4-5,7,9H2/t13-,15-/m0/s1. The number of β-amino-alcohol motifs (C(OH)–C–C–N with tert-alkyl or cyclic N) is 1. The zero-order valence-electron chi connectivity index (χ0n) is 12.5. The molecule has 2 fully saturated rings. The summed E-state index contributed by atoms with van der Waals surface area (Å²) >= 11 is 0. The third-order valence-corrected chi connectivity index (χ3v) is 4.51. The number of halogens is 1. The molecule has 2 aliphatic rings. The summed E-state index contributed by atoms with van der Waals surface area (Å²) in [5.41, 5.74) is 1.49. The molecule has 1 N–H and O–H groups in total. The second kappa shape index (κ2) is 5.45. The maximum Gasteiger partial charge on any atom is 0.293 e.